The number of rotatable bonds is 2. The molecule has 13 heteroatoms. The molecule has 0 aliphatic heterocycles. The summed E-state index contributed by atoms with van der Waals surface area (Å²) in [6.07, 6.45) is 0. The standard InChI is InChI=1S/C2H8O7P2.4Na.4H/c1-2(3,10(4,5)6)11(7,8)9;;;;;;;;/h3H,1H3,(H2,4,5,6)(H2,7,8,9);;;;;;;;/q;4*+1;4*-1/p-4. The first kappa shape index (κ1) is 31.6. The third-order valence-corrected chi connectivity index (χ3v) is 4.58. The van der Waals surface area contributed by atoms with E-state index in [2.05, 4.69) is 0 Å². The predicted molar refractivity (Wildman–Crippen MR) is 30.3 cm³/mol. The van der Waals surface area contributed by atoms with E-state index in [1.54, 1.807) is 0 Å². The fourth-order valence-corrected chi connectivity index (χ4v) is 1.35. The molecule has 0 fully saturated rings. The number of hydrogen-bond donors (Lipinski definition) is 1. The molecule has 76 valence electrons. The fraction of sp³-hybridized carbons (Fsp3) is 1.00. The van der Waals surface area contributed by atoms with Crippen LogP contribution in [-0.2, 0) is 9.13 Å². The Morgan fingerprint density at radius 3 is 1.07 bits per heavy atom. The van der Waals surface area contributed by atoms with E-state index in [4.69, 9.17) is 5.11 Å². The first-order valence-corrected chi connectivity index (χ1v) is 5.35. The first-order chi connectivity index (χ1) is 4.50. The van der Waals surface area contributed by atoms with Crippen molar-refractivity contribution in [2.75, 3.05) is 0 Å². The van der Waals surface area contributed by atoms with Crippen LogP contribution in [0.4, 0.5) is 0 Å². The van der Waals surface area contributed by atoms with Gasteiger partial charge in [0.05, 0.1) is 0 Å². The van der Waals surface area contributed by atoms with Crippen molar-refractivity contribution in [1.82, 2.24) is 0 Å². The Morgan fingerprint density at radius 1 is 0.933 bits per heavy atom. The minimum absolute atomic E-state index is 0. The van der Waals surface area contributed by atoms with E-state index in [1.165, 1.54) is 0 Å². The van der Waals surface area contributed by atoms with Crippen LogP contribution in [0.25, 0.3) is 0 Å². The molecule has 0 aromatic heterocycles. The van der Waals surface area contributed by atoms with E-state index in [9.17, 15) is 28.7 Å². The van der Waals surface area contributed by atoms with E-state index < -0.39 is 20.3 Å². The Bertz CT molecular complexity index is 233. The monoisotopic (exact) mass is 298 g/mol. The molecule has 0 amide bonds. The van der Waals surface area contributed by atoms with Gasteiger partial charge >= 0.3 is 118 Å². The molecule has 0 aromatic carbocycles. The second-order valence-electron chi connectivity index (χ2n) is 1.97. The van der Waals surface area contributed by atoms with Gasteiger partial charge in [-0.05, 0) is 22.1 Å². The van der Waals surface area contributed by atoms with Crippen molar-refractivity contribution in [1.29, 1.82) is 0 Å². The van der Waals surface area contributed by atoms with Crippen LogP contribution in [0.1, 0.15) is 12.6 Å². The van der Waals surface area contributed by atoms with Crippen LogP contribution in [0.3, 0.4) is 0 Å². The first-order valence-electron chi connectivity index (χ1n) is 2.27. The van der Waals surface area contributed by atoms with Crippen LogP contribution in [0, 0.1) is 0 Å². The molecule has 7 nitrogen and oxygen atoms in total. The zero-order valence-corrected chi connectivity index (χ0v) is 19.1. The van der Waals surface area contributed by atoms with Gasteiger partial charge in [0.2, 0.25) is 0 Å². The van der Waals surface area contributed by atoms with Gasteiger partial charge in [-0.2, -0.15) is 0 Å². The Labute approximate surface area is 182 Å². The minimum Gasteiger partial charge on any atom is -1.00 e. The summed E-state index contributed by atoms with van der Waals surface area (Å²) in [7, 11) is -11.6. The summed E-state index contributed by atoms with van der Waals surface area (Å²) in [6.45, 7) is 0.133. The van der Waals surface area contributed by atoms with Gasteiger partial charge in [-0.25, -0.2) is 0 Å². The Kier molecular flexibility index (Phi) is 23.1. The van der Waals surface area contributed by atoms with Gasteiger partial charge in [-0.3, -0.25) is 0 Å². The third kappa shape index (κ3) is 9.74. The van der Waals surface area contributed by atoms with E-state index in [-0.39, 0.29) is 131 Å². The average Bonchev–Trinajstić information content (AvgIpc) is 1.58. The van der Waals surface area contributed by atoms with Gasteiger partial charge < -0.3 is 39.5 Å². The van der Waals surface area contributed by atoms with Crippen LogP contribution in [-0.4, -0.2) is 10.2 Å². The van der Waals surface area contributed by atoms with Gasteiger partial charge in [0.15, 0.2) is 0 Å². The largest absolute Gasteiger partial charge is 1.00 e. The molecule has 0 heterocycles. The van der Waals surface area contributed by atoms with E-state index in [0.29, 0.717) is 0 Å². The van der Waals surface area contributed by atoms with Crippen molar-refractivity contribution in [3.63, 3.8) is 0 Å². The topological polar surface area (TPSA) is 147 Å². The van der Waals surface area contributed by atoms with Crippen molar-refractivity contribution in [2.45, 2.75) is 12.0 Å². The van der Waals surface area contributed by atoms with Crippen LogP contribution in [0.2, 0.25) is 0 Å². The molecule has 0 aromatic rings. The molecule has 0 bridgehead atoms. The van der Waals surface area contributed by atoms with Gasteiger partial charge in [0.25, 0.3) is 0 Å². The molecule has 0 radical (unpaired) electrons. The zero-order chi connectivity index (χ0) is 9.50. The van der Waals surface area contributed by atoms with Crippen LogP contribution < -0.4 is 138 Å². The van der Waals surface area contributed by atoms with Crippen LogP contribution in [0.15, 0.2) is 0 Å². The summed E-state index contributed by atoms with van der Waals surface area (Å²) in [5.74, 6) is 0. The summed E-state index contributed by atoms with van der Waals surface area (Å²) < 4.78 is 19.9. The Morgan fingerprint density at radius 2 is 1.07 bits per heavy atom. The van der Waals surface area contributed by atoms with Crippen molar-refractivity contribution in [3.8, 4) is 0 Å². The van der Waals surface area contributed by atoms with Gasteiger partial charge in [-0.15, -0.1) is 0 Å². The van der Waals surface area contributed by atoms with Crippen molar-refractivity contribution < 1.29 is 158 Å². The Hall–Kier alpha value is 4.26. The van der Waals surface area contributed by atoms with Gasteiger partial charge in [0, 0.05) is 0 Å². The smallest absolute Gasteiger partial charge is 1.00 e. The van der Waals surface area contributed by atoms with Gasteiger partial charge in [0.1, 0.15) is 5.08 Å². The molecule has 0 aliphatic carbocycles. The number of hydrogen-bond acceptors (Lipinski definition) is 7. The predicted octanol–water partition coefficient (Wildman–Crippen LogP) is -15.1. The maximum Gasteiger partial charge on any atom is 1.00 e. The molecule has 0 rings (SSSR count). The zero-order valence-electron chi connectivity index (χ0n) is 13.3. The quantitative estimate of drug-likeness (QED) is 0.393. The van der Waals surface area contributed by atoms with Crippen molar-refractivity contribution >= 4 is 15.2 Å². The van der Waals surface area contributed by atoms with Crippen LogP contribution in [0.5, 0.6) is 0 Å². The average molecular weight is 298 g/mol. The van der Waals surface area contributed by atoms with Gasteiger partial charge in [-0.1, -0.05) is 0 Å². The van der Waals surface area contributed by atoms with E-state index >= 15 is 0 Å². The molecule has 0 spiro atoms. The van der Waals surface area contributed by atoms with Crippen molar-refractivity contribution in [3.05, 3.63) is 0 Å². The SMILES string of the molecule is CC(O)(P(=O)([O-])[O-])P(=O)([O-])[O-].[H-].[H-].[H-].[H-].[Na+].[Na+].[Na+].[Na+]. The second kappa shape index (κ2) is 11.0. The molecule has 0 saturated carbocycles. The molecule has 1 N–H and O–H groups in total. The van der Waals surface area contributed by atoms with E-state index in [1.807, 2.05) is 0 Å². The van der Waals surface area contributed by atoms with E-state index in [0.717, 1.165) is 0 Å². The second-order valence-corrected chi connectivity index (χ2v) is 6.05. The third-order valence-electron chi connectivity index (χ3n) is 1.04. The molecular formula is C2H8Na4O7P2-4. The Balaban J connectivity index is -0.0000000179. The molecule has 0 saturated heterocycles. The maximum atomic E-state index is 9.95. The number of aliphatic hydroxyl groups is 1. The summed E-state index contributed by atoms with van der Waals surface area (Å²) in [6, 6.07) is 0. The fourth-order valence-electron chi connectivity index (χ4n) is 0.150. The molecule has 0 aliphatic rings. The maximum absolute atomic E-state index is 9.95. The molecular weight excluding hydrogens is 290 g/mol. The van der Waals surface area contributed by atoms with Crippen molar-refractivity contribution in [2.24, 2.45) is 0 Å². The summed E-state index contributed by atoms with van der Waals surface area (Å²) in [5.41, 5.74) is 0. The molecule has 0 unspecified atom stereocenters. The molecule has 0 atom stereocenters. The summed E-state index contributed by atoms with van der Waals surface area (Å²) in [4.78, 5) is 39.8. The minimum atomic E-state index is -5.82. The summed E-state index contributed by atoms with van der Waals surface area (Å²) in [5, 5.41) is 4.68. The normalized spacial score (nSPS) is 11.1. The summed E-state index contributed by atoms with van der Waals surface area (Å²) >= 11 is 0. The molecule has 15 heavy (non-hydrogen) atoms. The van der Waals surface area contributed by atoms with Crippen LogP contribution >= 0.6 is 15.2 Å².